The molecule has 0 saturated heterocycles. The lowest BCUT2D eigenvalue weighted by atomic mass is 10.1. The van der Waals surface area contributed by atoms with Gasteiger partial charge in [0.1, 0.15) is 5.75 Å². The molecule has 0 aliphatic rings. The monoisotopic (exact) mass is 294 g/mol. The molecule has 0 bridgehead atoms. The first kappa shape index (κ1) is 15.7. The quantitative estimate of drug-likeness (QED) is 0.696. The number of carbonyl (C=O) groups excluding carboxylic acids is 1. The van der Waals surface area contributed by atoms with Crippen LogP contribution in [0.3, 0.4) is 0 Å². The van der Waals surface area contributed by atoms with E-state index in [1.807, 2.05) is 13.0 Å². The number of hydrogen-bond acceptors (Lipinski definition) is 3. The molecule has 3 heteroatoms. The lowest BCUT2D eigenvalue weighted by Gasteiger charge is -2.01. The predicted molar refractivity (Wildman–Crippen MR) is 85.9 cm³/mol. The van der Waals surface area contributed by atoms with E-state index in [1.54, 1.807) is 43.3 Å². The largest absolute Gasteiger partial charge is 0.508 e. The van der Waals surface area contributed by atoms with E-state index >= 15 is 0 Å². The topological polar surface area (TPSA) is 46.5 Å². The molecule has 1 N–H and O–H groups in total. The number of carbonyl (C=O) groups is 1. The standard InChI is InChI=1S/C19H18O3/c1-3-16-13-15(9-12-18(16)20)6-5-14-7-10-17(11-8-14)19(21)22-4-2/h7-13,20H,3-4H2,1-2H3. The van der Waals surface area contributed by atoms with E-state index in [0.29, 0.717) is 17.9 Å². The lowest BCUT2D eigenvalue weighted by Crippen LogP contribution is -2.04. The maximum Gasteiger partial charge on any atom is 0.338 e. The van der Waals surface area contributed by atoms with Gasteiger partial charge >= 0.3 is 5.97 Å². The fourth-order valence-corrected chi connectivity index (χ4v) is 1.99. The van der Waals surface area contributed by atoms with Crippen molar-refractivity contribution in [1.82, 2.24) is 0 Å². The molecule has 0 unspecified atom stereocenters. The van der Waals surface area contributed by atoms with Crippen molar-refractivity contribution in [2.45, 2.75) is 20.3 Å². The molecule has 2 aromatic carbocycles. The molecule has 0 aliphatic carbocycles. The highest BCUT2D eigenvalue weighted by Gasteiger charge is 2.04. The zero-order chi connectivity index (χ0) is 15.9. The molecule has 0 aromatic heterocycles. The number of ether oxygens (including phenoxy) is 1. The van der Waals surface area contributed by atoms with Gasteiger partial charge in [-0.3, -0.25) is 0 Å². The van der Waals surface area contributed by atoms with Gasteiger partial charge in [0, 0.05) is 11.1 Å². The van der Waals surface area contributed by atoms with Crippen LogP contribution in [0.1, 0.15) is 40.9 Å². The molecular weight excluding hydrogens is 276 g/mol. The summed E-state index contributed by atoms with van der Waals surface area (Å²) in [6, 6.07) is 12.3. The second kappa shape index (κ2) is 7.33. The zero-order valence-corrected chi connectivity index (χ0v) is 12.7. The fraction of sp³-hybridized carbons (Fsp3) is 0.211. The van der Waals surface area contributed by atoms with Crippen LogP contribution in [-0.2, 0) is 11.2 Å². The SMILES string of the molecule is CCOC(=O)c1ccc(C#Cc2ccc(O)c(CC)c2)cc1. The third-order valence-corrected chi connectivity index (χ3v) is 3.21. The molecule has 0 fully saturated rings. The number of hydrogen-bond donors (Lipinski definition) is 1. The smallest absolute Gasteiger partial charge is 0.338 e. The van der Waals surface area contributed by atoms with Gasteiger partial charge in [0.15, 0.2) is 0 Å². The Bertz CT molecular complexity index is 719. The Labute approximate surface area is 130 Å². The average Bonchev–Trinajstić information content (AvgIpc) is 2.55. The Balaban J connectivity index is 2.16. The van der Waals surface area contributed by atoms with Gasteiger partial charge in [0.2, 0.25) is 0 Å². The summed E-state index contributed by atoms with van der Waals surface area (Å²) in [5.41, 5.74) is 3.07. The third kappa shape index (κ3) is 3.89. The normalized spacial score (nSPS) is 9.73. The van der Waals surface area contributed by atoms with E-state index in [9.17, 15) is 9.90 Å². The van der Waals surface area contributed by atoms with Crippen molar-refractivity contribution in [3.05, 3.63) is 64.7 Å². The summed E-state index contributed by atoms with van der Waals surface area (Å²) < 4.78 is 4.94. The molecule has 2 aromatic rings. The summed E-state index contributed by atoms with van der Waals surface area (Å²) in [6.07, 6.45) is 0.760. The molecule has 0 radical (unpaired) electrons. The maximum absolute atomic E-state index is 11.6. The van der Waals surface area contributed by atoms with Crippen LogP contribution in [0.25, 0.3) is 0 Å². The summed E-state index contributed by atoms with van der Waals surface area (Å²) in [6.45, 7) is 4.13. The van der Waals surface area contributed by atoms with E-state index in [0.717, 1.165) is 23.1 Å². The zero-order valence-electron chi connectivity index (χ0n) is 12.7. The van der Waals surface area contributed by atoms with Crippen molar-refractivity contribution in [2.75, 3.05) is 6.61 Å². The third-order valence-electron chi connectivity index (χ3n) is 3.21. The summed E-state index contributed by atoms with van der Waals surface area (Å²) in [7, 11) is 0. The Morgan fingerprint density at radius 1 is 1.05 bits per heavy atom. The van der Waals surface area contributed by atoms with Crippen LogP contribution in [0.4, 0.5) is 0 Å². The summed E-state index contributed by atoms with van der Waals surface area (Å²) in [4.78, 5) is 11.6. The van der Waals surface area contributed by atoms with E-state index in [-0.39, 0.29) is 5.97 Å². The maximum atomic E-state index is 11.6. The van der Waals surface area contributed by atoms with Gasteiger partial charge in [0.05, 0.1) is 12.2 Å². The summed E-state index contributed by atoms with van der Waals surface area (Å²) in [5, 5.41) is 9.65. The number of aromatic hydroxyl groups is 1. The minimum atomic E-state index is -0.326. The summed E-state index contributed by atoms with van der Waals surface area (Å²) >= 11 is 0. The van der Waals surface area contributed by atoms with E-state index in [1.165, 1.54) is 0 Å². The molecule has 3 nitrogen and oxygen atoms in total. The molecule has 112 valence electrons. The van der Waals surface area contributed by atoms with Gasteiger partial charge in [0.25, 0.3) is 0 Å². The number of benzene rings is 2. The molecule has 0 aliphatic heterocycles. The van der Waals surface area contributed by atoms with E-state index < -0.39 is 0 Å². The van der Waals surface area contributed by atoms with Gasteiger partial charge in [-0.2, -0.15) is 0 Å². The van der Waals surface area contributed by atoms with Gasteiger partial charge < -0.3 is 9.84 Å². The number of phenols is 1. The van der Waals surface area contributed by atoms with Crippen molar-refractivity contribution in [3.8, 4) is 17.6 Å². The van der Waals surface area contributed by atoms with Crippen LogP contribution in [0.15, 0.2) is 42.5 Å². The van der Waals surface area contributed by atoms with Crippen molar-refractivity contribution >= 4 is 5.97 Å². The van der Waals surface area contributed by atoms with Crippen LogP contribution < -0.4 is 0 Å². The Morgan fingerprint density at radius 2 is 1.68 bits per heavy atom. The van der Waals surface area contributed by atoms with Gasteiger partial charge in [-0.1, -0.05) is 18.8 Å². The van der Waals surface area contributed by atoms with Crippen molar-refractivity contribution in [2.24, 2.45) is 0 Å². The van der Waals surface area contributed by atoms with Crippen LogP contribution in [0, 0.1) is 11.8 Å². The first-order valence-electron chi connectivity index (χ1n) is 7.25. The Morgan fingerprint density at radius 3 is 2.32 bits per heavy atom. The van der Waals surface area contributed by atoms with Crippen LogP contribution >= 0.6 is 0 Å². The first-order chi connectivity index (χ1) is 10.6. The predicted octanol–water partition coefficient (Wildman–Crippen LogP) is 3.53. The Kier molecular flexibility index (Phi) is 5.21. The highest BCUT2D eigenvalue weighted by atomic mass is 16.5. The second-order valence-corrected chi connectivity index (χ2v) is 4.74. The van der Waals surface area contributed by atoms with Crippen LogP contribution in [0.2, 0.25) is 0 Å². The number of esters is 1. The fourth-order valence-electron chi connectivity index (χ4n) is 1.99. The molecule has 2 rings (SSSR count). The molecule has 0 spiro atoms. The average molecular weight is 294 g/mol. The second-order valence-electron chi connectivity index (χ2n) is 4.74. The van der Waals surface area contributed by atoms with Crippen molar-refractivity contribution in [1.29, 1.82) is 0 Å². The molecule has 0 atom stereocenters. The van der Waals surface area contributed by atoms with Crippen LogP contribution in [0.5, 0.6) is 5.75 Å². The molecule has 0 saturated carbocycles. The van der Waals surface area contributed by atoms with Crippen molar-refractivity contribution in [3.63, 3.8) is 0 Å². The highest BCUT2D eigenvalue weighted by Crippen LogP contribution is 2.18. The van der Waals surface area contributed by atoms with Gasteiger partial charge in [-0.15, -0.1) is 0 Å². The number of phenolic OH excluding ortho intramolecular Hbond substituents is 1. The van der Waals surface area contributed by atoms with Gasteiger partial charge in [-0.05, 0) is 61.4 Å². The molecule has 0 heterocycles. The molecule has 0 amide bonds. The first-order valence-corrected chi connectivity index (χ1v) is 7.25. The number of aryl methyl sites for hydroxylation is 1. The minimum Gasteiger partial charge on any atom is -0.508 e. The van der Waals surface area contributed by atoms with Gasteiger partial charge in [-0.25, -0.2) is 4.79 Å². The molecular formula is C19H18O3. The van der Waals surface area contributed by atoms with E-state index in [2.05, 4.69) is 11.8 Å². The molecule has 22 heavy (non-hydrogen) atoms. The minimum absolute atomic E-state index is 0.298. The summed E-state index contributed by atoms with van der Waals surface area (Å²) in [5.74, 6) is 6.08. The van der Waals surface area contributed by atoms with E-state index in [4.69, 9.17) is 4.74 Å². The Hall–Kier alpha value is -2.73. The highest BCUT2D eigenvalue weighted by molar-refractivity contribution is 5.89. The lowest BCUT2D eigenvalue weighted by molar-refractivity contribution is 0.0526. The number of rotatable bonds is 3. The van der Waals surface area contributed by atoms with Crippen LogP contribution in [-0.4, -0.2) is 17.7 Å². The van der Waals surface area contributed by atoms with Crippen molar-refractivity contribution < 1.29 is 14.6 Å².